The predicted octanol–water partition coefficient (Wildman–Crippen LogP) is 1.90. The number of rotatable bonds is 7. The third-order valence-electron chi connectivity index (χ3n) is 2.48. The summed E-state index contributed by atoms with van der Waals surface area (Å²) in [6.45, 7) is 0.281. The number of aliphatic carboxylic acids is 1. The van der Waals surface area contributed by atoms with Crippen molar-refractivity contribution in [1.82, 2.24) is 10.6 Å². The van der Waals surface area contributed by atoms with Gasteiger partial charge in [0, 0.05) is 13.1 Å². The fraction of sp³-hybridized carbons (Fsp3) is 0.385. The van der Waals surface area contributed by atoms with Gasteiger partial charge in [-0.25, -0.2) is 4.79 Å². The number of hydrogen-bond donors (Lipinski definition) is 3. The van der Waals surface area contributed by atoms with Crippen LogP contribution in [0.15, 0.2) is 24.3 Å². The van der Waals surface area contributed by atoms with E-state index in [1.807, 2.05) is 0 Å². The second-order valence-electron chi connectivity index (χ2n) is 4.27. The quantitative estimate of drug-likeness (QED) is 0.716. The van der Waals surface area contributed by atoms with Gasteiger partial charge in [0.1, 0.15) is 5.75 Å². The van der Waals surface area contributed by atoms with E-state index in [2.05, 4.69) is 15.4 Å². The molecule has 0 saturated heterocycles. The Bertz CT molecular complexity index is 503. The van der Waals surface area contributed by atoms with Crippen LogP contribution in [0.1, 0.15) is 12.0 Å². The molecule has 122 valence electrons. The van der Waals surface area contributed by atoms with Gasteiger partial charge >= 0.3 is 18.4 Å². The fourth-order valence-electron chi connectivity index (χ4n) is 1.52. The number of carboxylic acid groups (broad SMARTS) is 1. The van der Waals surface area contributed by atoms with Crippen molar-refractivity contribution in [3.05, 3.63) is 29.8 Å². The second kappa shape index (κ2) is 8.11. The molecule has 6 nitrogen and oxygen atoms in total. The zero-order valence-electron chi connectivity index (χ0n) is 11.4. The average Bonchev–Trinajstić information content (AvgIpc) is 2.38. The Balaban J connectivity index is 2.27. The van der Waals surface area contributed by atoms with Crippen LogP contribution in [0.5, 0.6) is 5.75 Å². The number of urea groups is 1. The standard InChI is InChI=1S/C13H15F3N2O4/c14-13(15,16)22-10-3-1-9(2-4-10)5-7-17-12(21)18-8-6-11(19)20/h1-4H,5-8H2,(H,19,20)(H2,17,18,21). The third kappa shape index (κ3) is 7.98. The molecule has 0 unspecified atom stereocenters. The summed E-state index contributed by atoms with van der Waals surface area (Å²) in [7, 11) is 0. The molecule has 1 aromatic carbocycles. The van der Waals surface area contributed by atoms with Crippen LogP contribution in [0, 0.1) is 0 Å². The van der Waals surface area contributed by atoms with E-state index in [0.29, 0.717) is 6.42 Å². The van der Waals surface area contributed by atoms with Crippen LogP contribution in [-0.4, -0.2) is 36.6 Å². The lowest BCUT2D eigenvalue weighted by Gasteiger charge is -2.10. The molecule has 0 radical (unpaired) electrons. The van der Waals surface area contributed by atoms with Crippen LogP contribution in [0.25, 0.3) is 0 Å². The van der Waals surface area contributed by atoms with E-state index >= 15 is 0 Å². The van der Waals surface area contributed by atoms with Gasteiger partial charge in [0.15, 0.2) is 0 Å². The molecule has 1 aromatic rings. The molecule has 0 bridgehead atoms. The highest BCUT2D eigenvalue weighted by Gasteiger charge is 2.30. The van der Waals surface area contributed by atoms with Crippen molar-refractivity contribution in [2.75, 3.05) is 13.1 Å². The summed E-state index contributed by atoms with van der Waals surface area (Å²) in [6.07, 6.45) is -4.48. The summed E-state index contributed by atoms with van der Waals surface area (Å²) >= 11 is 0. The van der Waals surface area contributed by atoms with Crippen LogP contribution in [0.2, 0.25) is 0 Å². The monoisotopic (exact) mass is 320 g/mol. The Kier molecular flexibility index (Phi) is 6.48. The van der Waals surface area contributed by atoms with Crippen molar-refractivity contribution in [2.24, 2.45) is 0 Å². The van der Waals surface area contributed by atoms with Gasteiger partial charge in [-0.2, -0.15) is 0 Å². The smallest absolute Gasteiger partial charge is 0.481 e. The number of carbonyl (C=O) groups is 2. The molecule has 22 heavy (non-hydrogen) atoms. The Hall–Kier alpha value is -2.45. The number of alkyl halides is 3. The molecule has 0 atom stereocenters. The zero-order valence-corrected chi connectivity index (χ0v) is 11.4. The highest BCUT2D eigenvalue weighted by Crippen LogP contribution is 2.22. The Labute approximate surface area is 124 Å². The molecule has 0 saturated carbocycles. The van der Waals surface area contributed by atoms with Gasteiger partial charge in [0.25, 0.3) is 0 Å². The molecular formula is C13H15F3N2O4. The molecule has 0 heterocycles. The van der Waals surface area contributed by atoms with E-state index in [4.69, 9.17) is 5.11 Å². The van der Waals surface area contributed by atoms with E-state index < -0.39 is 18.4 Å². The van der Waals surface area contributed by atoms with Crippen LogP contribution >= 0.6 is 0 Å². The lowest BCUT2D eigenvalue weighted by molar-refractivity contribution is -0.274. The van der Waals surface area contributed by atoms with Gasteiger partial charge in [0.2, 0.25) is 0 Å². The minimum Gasteiger partial charge on any atom is -0.481 e. The molecular weight excluding hydrogens is 305 g/mol. The van der Waals surface area contributed by atoms with Crippen LogP contribution < -0.4 is 15.4 Å². The second-order valence-corrected chi connectivity index (χ2v) is 4.27. The van der Waals surface area contributed by atoms with Crippen molar-refractivity contribution in [1.29, 1.82) is 0 Å². The first-order valence-corrected chi connectivity index (χ1v) is 6.34. The SMILES string of the molecule is O=C(O)CCNC(=O)NCCc1ccc(OC(F)(F)F)cc1. The Morgan fingerprint density at radius 1 is 1.09 bits per heavy atom. The normalized spacial score (nSPS) is 10.9. The summed E-state index contributed by atoms with van der Waals surface area (Å²) in [5.41, 5.74) is 0.723. The van der Waals surface area contributed by atoms with Crippen molar-refractivity contribution >= 4 is 12.0 Å². The maximum Gasteiger partial charge on any atom is 0.573 e. The molecule has 0 aliphatic rings. The van der Waals surface area contributed by atoms with Gasteiger partial charge in [-0.1, -0.05) is 12.1 Å². The number of benzene rings is 1. The maximum atomic E-state index is 12.0. The topological polar surface area (TPSA) is 87.7 Å². The minimum absolute atomic E-state index is 0.0185. The molecule has 0 fully saturated rings. The first-order chi connectivity index (χ1) is 10.3. The van der Waals surface area contributed by atoms with Crippen LogP contribution in [0.4, 0.5) is 18.0 Å². The lowest BCUT2D eigenvalue weighted by Crippen LogP contribution is -2.37. The van der Waals surface area contributed by atoms with Crippen molar-refractivity contribution in [3.63, 3.8) is 0 Å². The lowest BCUT2D eigenvalue weighted by atomic mass is 10.1. The highest BCUT2D eigenvalue weighted by atomic mass is 19.4. The molecule has 2 amide bonds. The molecule has 1 rings (SSSR count). The predicted molar refractivity (Wildman–Crippen MR) is 70.5 cm³/mol. The summed E-state index contributed by atoms with van der Waals surface area (Å²) in [4.78, 5) is 21.5. The summed E-state index contributed by atoms with van der Waals surface area (Å²) in [5.74, 6) is -1.32. The van der Waals surface area contributed by atoms with Gasteiger partial charge in [-0.05, 0) is 24.1 Å². The summed E-state index contributed by atoms with van der Waals surface area (Å²) in [5, 5.41) is 13.3. The molecule has 9 heteroatoms. The number of ether oxygens (including phenoxy) is 1. The van der Waals surface area contributed by atoms with Crippen molar-refractivity contribution in [2.45, 2.75) is 19.2 Å². The van der Waals surface area contributed by atoms with Crippen LogP contribution in [-0.2, 0) is 11.2 Å². The van der Waals surface area contributed by atoms with E-state index in [1.165, 1.54) is 24.3 Å². The van der Waals surface area contributed by atoms with Gasteiger partial charge in [0.05, 0.1) is 6.42 Å². The fourth-order valence-corrected chi connectivity index (χ4v) is 1.52. The van der Waals surface area contributed by atoms with E-state index in [1.54, 1.807) is 0 Å². The number of carbonyl (C=O) groups excluding carboxylic acids is 1. The zero-order chi connectivity index (χ0) is 16.6. The van der Waals surface area contributed by atoms with E-state index in [0.717, 1.165) is 5.56 Å². The Morgan fingerprint density at radius 3 is 2.23 bits per heavy atom. The molecule has 0 aromatic heterocycles. The van der Waals surface area contributed by atoms with Crippen LogP contribution in [0.3, 0.4) is 0 Å². The number of halogens is 3. The largest absolute Gasteiger partial charge is 0.573 e. The molecule has 0 aliphatic heterocycles. The van der Waals surface area contributed by atoms with Crippen molar-refractivity contribution < 1.29 is 32.6 Å². The number of hydrogen-bond acceptors (Lipinski definition) is 3. The van der Waals surface area contributed by atoms with Crippen molar-refractivity contribution in [3.8, 4) is 5.75 Å². The van der Waals surface area contributed by atoms with Gasteiger partial charge in [-0.3, -0.25) is 4.79 Å². The molecule has 3 N–H and O–H groups in total. The number of carboxylic acids is 1. The summed E-state index contributed by atoms with van der Waals surface area (Å²) < 4.78 is 39.7. The van der Waals surface area contributed by atoms with E-state index in [9.17, 15) is 22.8 Å². The number of nitrogens with one attached hydrogen (secondary N) is 2. The third-order valence-corrected chi connectivity index (χ3v) is 2.48. The minimum atomic E-state index is -4.73. The van der Waals surface area contributed by atoms with Gasteiger partial charge < -0.3 is 20.5 Å². The number of amides is 2. The van der Waals surface area contributed by atoms with E-state index in [-0.39, 0.29) is 25.3 Å². The first kappa shape index (κ1) is 17.6. The summed E-state index contributed by atoms with van der Waals surface area (Å²) in [6, 6.07) is 4.81. The molecule has 0 aliphatic carbocycles. The van der Waals surface area contributed by atoms with Gasteiger partial charge in [-0.15, -0.1) is 13.2 Å². The molecule has 0 spiro atoms. The maximum absolute atomic E-state index is 12.0. The average molecular weight is 320 g/mol. The first-order valence-electron chi connectivity index (χ1n) is 6.34. The Morgan fingerprint density at radius 2 is 1.68 bits per heavy atom. The highest BCUT2D eigenvalue weighted by molar-refractivity contribution is 5.74.